The topological polar surface area (TPSA) is 90.9 Å². The molecule has 134 valence electrons. The number of hydrogen-bond donors (Lipinski definition) is 3. The fourth-order valence-electron chi connectivity index (χ4n) is 3.33. The maximum absolute atomic E-state index is 11.3. The Labute approximate surface area is 155 Å². The molecule has 2 aromatic carbocycles. The lowest BCUT2D eigenvalue weighted by Crippen LogP contribution is -2.06. The number of pyridine rings is 1. The van der Waals surface area contributed by atoms with Gasteiger partial charge in [0.05, 0.1) is 34.2 Å². The Morgan fingerprint density at radius 3 is 2.85 bits per heavy atom. The molecule has 1 aliphatic carbocycles. The highest BCUT2D eigenvalue weighted by molar-refractivity contribution is 5.96. The van der Waals surface area contributed by atoms with Gasteiger partial charge in [-0.25, -0.2) is 9.78 Å². The van der Waals surface area contributed by atoms with Gasteiger partial charge in [0.25, 0.3) is 0 Å². The molecule has 2 aromatic heterocycles. The number of fused-ring (bicyclic) bond motifs is 2. The lowest BCUT2D eigenvalue weighted by atomic mass is 10.0. The van der Waals surface area contributed by atoms with Crippen LogP contribution in [0.2, 0.25) is 0 Å². The van der Waals surface area contributed by atoms with Crippen LogP contribution in [-0.2, 0) is 0 Å². The molecule has 0 unspecified atom stereocenters. The zero-order valence-corrected chi connectivity index (χ0v) is 14.6. The molecular formula is C21H18N4O2. The zero-order valence-electron chi connectivity index (χ0n) is 14.6. The Morgan fingerprint density at radius 2 is 2.04 bits per heavy atom. The second kappa shape index (κ2) is 6.09. The molecule has 0 atom stereocenters. The van der Waals surface area contributed by atoms with Crippen molar-refractivity contribution in [1.29, 1.82) is 0 Å². The SMILES string of the molecule is O=C(O)c1ccc2nc(-c3ccc4[nH]ncc4c3)c(NCC3CC3)cc2c1. The van der Waals surface area contributed by atoms with Crippen LogP contribution in [0, 0.1) is 5.92 Å². The van der Waals surface area contributed by atoms with Crippen molar-refractivity contribution in [2.75, 3.05) is 11.9 Å². The number of nitrogens with zero attached hydrogens (tertiary/aromatic N) is 2. The molecule has 0 radical (unpaired) electrons. The van der Waals surface area contributed by atoms with Crippen molar-refractivity contribution in [3.8, 4) is 11.3 Å². The Hall–Kier alpha value is -3.41. The molecule has 0 aliphatic heterocycles. The minimum atomic E-state index is -0.932. The molecular weight excluding hydrogens is 340 g/mol. The zero-order chi connectivity index (χ0) is 18.4. The van der Waals surface area contributed by atoms with Crippen molar-refractivity contribution < 1.29 is 9.90 Å². The highest BCUT2D eigenvalue weighted by Gasteiger charge is 2.21. The molecule has 1 aliphatic rings. The first kappa shape index (κ1) is 15.8. The standard InChI is InChI=1S/C21H18N4O2/c26-21(27)14-4-5-17-15(8-14)9-19(22-10-12-1-2-12)20(24-17)13-3-6-18-16(7-13)11-23-25-18/h3-9,11-12,22H,1-2,10H2,(H,23,25)(H,26,27). The van der Waals surface area contributed by atoms with E-state index in [-0.39, 0.29) is 5.56 Å². The van der Waals surface area contributed by atoms with Crippen molar-refractivity contribution in [2.24, 2.45) is 5.92 Å². The second-order valence-corrected chi connectivity index (χ2v) is 7.09. The monoisotopic (exact) mass is 358 g/mol. The van der Waals surface area contributed by atoms with E-state index in [4.69, 9.17) is 4.98 Å². The van der Waals surface area contributed by atoms with Gasteiger partial charge in [-0.15, -0.1) is 0 Å². The molecule has 6 nitrogen and oxygen atoms in total. The molecule has 3 N–H and O–H groups in total. The summed E-state index contributed by atoms with van der Waals surface area (Å²) in [5.41, 5.74) is 4.84. The number of rotatable bonds is 5. The number of carbonyl (C=O) groups is 1. The lowest BCUT2D eigenvalue weighted by molar-refractivity contribution is 0.0697. The highest BCUT2D eigenvalue weighted by Crippen LogP contribution is 2.34. The van der Waals surface area contributed by atoms with Crippen molar-refractivity contribution in [1.82, 2.24) is 15.2 Å². The first-order valence-electron chi connectivity index (χ1n) is 9.03. The number of aromatic carboxylic acids is 1. The van der Waals surface area contributed by atoms with E-state index >= 15 is 0 Å². The first-order valence-corrected chi connectivity index (χ1v) is 9.03. The third-order valence-electron chi connectivity index (χ3n) is 5.05. The van der Waals surface area contributed by atoms with Gasteiger partial charge in [-0.1, -0.05) is 6.07 Å². The molecule has 6 heteroatoms. The third kappa shape index (κ3) is 2.99. The lowest BCUT2D eigenvalue weighted by Gasteiger charge is -2.13. The molecule has 4 aromatic rings. The number of nitrogens with one attached hydrogen (secondary N) is 2. The highest BCUT2D eigenvalue weighted by atomic mass is 16.4. The molecule has 1 saturated carbocycles. The minimum Gasteiger partial charge on any atom is -0.478 e. The number of carboxylic acid groups (broad SMARTS) is 1. The summed E-state index contributed by atoms with van der Waals surface area (Å²) >= 11 is 0. The average Bonchev–Trinajstić information content (AvgIpc) is 3.39. The second-order valence-electron chi connectivity index (χ2n) is 7.09. The average molecular weight is 358 g/mol. The van der Waals surface area contributed by atoms with Gasteiger partial charge in [-0.05, 0) is 55.2 Å². The van der Waals surface area contributed by atoms with Crippen LogP contribution in [0.5, 0.6) is 0 Å². The van der Waals surface area contributed by atoms with Crippen molar-refractivity contribution in [2.45, 2.75) is 12.8 Å². The van der Waals surface area contributed by atoms with Gasteiger partial charge in [-0.3, -0.25) is 5.10 Å². The normalized spacial score (nSPS) is 13.9. The Bertz CT molecular complexity index is 1180. The Balaban J connectivity index is 1.66. The van der Waals surface area contributed by atoms with Gasteiger partial charge >= 0.3 is 5.97 Å². The number of benzene rings is 2. The van der Waals surface area contributed by atoms with Gasteiger partial charge < -0.3 is 10.4 Å². The fraction of sp³-hybridized carbons (Fsp3) is 0.190. The molecule has 1 fully saturated rings. The van der Waals surface area contributed by atoms with Crippen LogP contribution in [-0.4, -0.2) is 32.8 Å². The smallest absolute Gasteiger partial charge is 0.335 e. The van der Waals surface area contributed by atoms with Gasteiger partial charge in [0.15, 0.2) is 0 Å². The van der Waals surface area contributed by atoms with Gasteiger partial charge in [0, 0.05) is 22.9 Å². The van der Waals surface area contributed by atoms with Gasteiger partial charge in [0.1, 0.15) is 0 Å². The van der Waals surface area contributed by atoms with Gasteiger partial charge in [-0.2, -0.15) is 5.10 Å². The maximum Gasteiger partial charge on any atom is 0.335 e. The summed E-state index contributed by atoms with van der Waals surface area (Å²) in [6, 6.07) is 13.1. The van der Waals surface area contributed by atoms with E-state index in [9.17, 15) is 9.90 Å². The van der Waals surface area contributed by atoms with E-state index in [2.05, 4.69) is 21.6 Å². The summed E-state index contributed by atoms with van der Waals surface area (Å²) in [7, 11) is 0. The third-order valence-corrected chi connectivity index (χ3v) is 5.05. The first-order chi connectivity index (χ1) is 13.2. The van der Waals surface area contributed by atoms with E-state index in [0.29, 0.717) is 0 Å². The number of carboxylic acids is 1. The van der Waals surface area contributed by atoms with Crippen molar-refractivity contribution in [3.63, 3.8) is 0 Å². The summed E-state index contributed by atoms with van der Waals surface area (Å²) in [5, 5.41) is 21.7. The molecule has 2 heterocycles. The maximum atomic E-state index is 11.3. The van der Waals surface area contributed by atoms with E-state index in [1.807, 2.05) is 18.2 Å². The number of H-pyrrole nitrogens is 1. The summed E-state index contributed by atoms with van der Waals surface area (Å²) < 4.78 is 0. The quantitative estimate of drug-likeness (QED) is 0.495. The van der Waals surface area contributed by atoms with Crippen LogP contribution in [0.25, 0.3) is 33.1 Å². The predicted octanol–water partition coefficient (Wildman–Crippen LogP) is 4.30. The molecule has 0 amide bonds. The van der Waals surface area contributed by atoms with E-state index < -0.39 is 5.97 Å². The molecule has 0 spiro atoms. The molecule has 0 saturated heterocycles. The number of anilines is 1. The number of hydrogen-bond acceptors (Lipinski definition) is 4. The molecule has 27 heavy (non-hydrogen) atoms. The van der Waals surface area contributed by atoms with Crippen LogP contribution in [0.4, 0.5) is 5.69 Å². The van der Waals surface area contributed by atoms with Crippen LogP contribution >= 0.6 is 0 Å². The van der Waals surface area contributed by atoms with Crippen LogP contribution in [0.15, 0.2) is 48.7 Å². The Kier molecular flexibility index (Phi) is 3.57. The summed E-state index contributed by atoms with van der Waals surface area (Å²) in [6.07, 6.45) is 4.32. The van der Waals surface area contributed by atoms with Crippen LogP contribution in [0.1, 0.15) is 23.2 Å². The van der Waals surface area contributed by atoms with Crippen molar-refractivity contribution in [3.05, 3.63) is 54.2 Å². The molecule has 0 bridgehead atoms. The summed E-state index contributed by atoms with van der Waals surface area (Å²) in [4.78, 5) is 16.1. The van der Waals surface area contributed by atoms with E-state index in [1.165, 1.54) is 12.8 Å². The minimum absolute atomic E-state index is 0.269. The number of aromatic amines is 1. The Morgan fingerprint density at radius 1 is 1.15 bits per heavy atom. The number of aromatic nitrogens is 3. The van der Waals surface area contributed by atoms with Crippen molar-refractivity contribution >= 4 is 33.5 Å². The summed E-state index contributed by atoms with van der Waals surface area (Å²) in [5.74, 6) is -0.214. The largest absolute Gasteiger partial charge is 0.478 e. The predicted molar refractivity (Wildman–Crippen MR) is 105 cm³/mol. The van der Waals surface area contributed by atoms with Crippen LogP contribution < -0.4 is 5.32 Å². The van der Waals surface area contributed by atoms with E-state index in [1.54, 1.807) is 24.4 Å². The fourth-order valence-corrected chi connectivity index (χ4v) is 3.33. The van der Waals surface area contributed by atoms with Gasteiger partial charge in [0.2, 0.25) is 0 Å². The van der Waals surface area contributed by atoms with Crippen LogP contribution in [0.3, 0.4) is 0 Å². The van der Waals surface area contributed by atoms with E-state index in [0.717, 1.165) is 51.2 Å². The molecule has 5 rings (SSSR count). The summed E-state index contributed by atoms with van der Waals surface area (Å²) in [6.45, 7) is 0.909.